The van der Waals surface area contributed by atoms with Crippen molar-refractivity contribution >= 4 is 39.6 Å². The Balaban J connectivity index is 1.19. The molecule has 0 unspecified atom stereocenters. The van der Waals surface area contributed by atoms with Gasteiger partial charge in [0.05, 0.1) is 18.1 Å². The van der Waals surface area contributed by atoms with Gasteiger partial charge in [-0.3, -0.25) is 20.4 Å². The van der Waals surface area contributed by atoms with Crippen LogP contribution in [-0.2, 0) is 4.74 Å². The minimum Gasteiger partial charge on any atom is -0.486 e. The first-order valence-corrected chi connectivity index (χ1v) is 11.8. The quantitative estimate of drug-likeness (QED) is 0.563. The van der Waals surface area contributed by atoms with Gasteiger partial charge in [-0.25, -0.2) is 4.98 Å². The smallest absolute Gasteiger partial charge is 0.289 e. The molecule has 0 atom stereocenters. The first-order chi connectivity index (χ1) is 15.7. The molecule has 11 heteroatoms. The average Bonchev–Trinajstić information content (AvgIpc) is 3.53. The van der Waals surface area contributed by atoms with E-state index in [4.69, 9.17) is 14.2 Å². The Kier molecular flexibility index (Phi) is 5.93. The van der Waals surface area contributed by atoms with E-state index in [0.29, 0.717) is 37.1 Å². The predicted octanol–water partition coefficient (Wildman–Crippen LogP) is 2.55. The molecule has 5 rings (SSSR count). The van der Waals surface area contributed by atoms with Crippen molar-refractivity contribution in [3.8, 4) is 21.9 Å². The molecule has 0 aliphatic carbocycles. The van der Waals surface area contributed by atoms with Crippen molar-refractivity contribution in [3.63, 3.8) is 0 Å². The molecule has 0 spiro atoms. The summed E-state index contributed by atoms with van der Waals surface area (Å²) < 4.78 is 16.5. The van der Waals surface area contributed by atoms with Gasteiger partial charge in [-0.15, -0.1) is 22.7 Å². The molecule has 2 aliphatic rings. The molecule has 2 N–H and O–H groups in total. The highest BCUT2D eigenvalue weighted by Crippen LogP contribution is 2.36. The van der Waals surface area contributed by atoms with Crippen LogP contribution in [0.2, 0.25) is 0 Å². The zero-order chi connectivity index (χ0) is 21.9. The Morgan fingerprint density at radius 1 is 0.938 bits per heavy atom. The standard InChI is InChI=1S/C21H20N4O5S2/c26-19(14-12-31-21(22-14)25-5-7-28-8-6-25)23-24-20(27)18-4-3-17(32-18)13-1-2-15-16(11-13)30-10-9-29-15/h1-4,11-12H,5-10H2,(H,23,26)(H,24,27). The number of thiazole rings is 1. The summed E-state index contributed by atoms with van der Waals surface area (Å²) in [5.74, 6) is 0.560. The second kappa shape index (κ2) is 9.15. The van der Waals surface area contributed by atoms with Crippen LogP contribution in [0.15, 0.2) is 35.7 Å². The van der Waals surface area contributed by atoms with E-state index in [-0.39, 0.29) is 5.69 Å². The number of hydrogen-bond donors (Lipinski definition) is 2. The molecule has 1 aromatic carbocycles. The number of morpholine rings is 1. The topological polar surface area (TPSA) is 102 Å². The molecule has 32 heavy (non-hydrogen) atoms. The maximum atomic E-state index is 12.5. The van der Waals surface area contributed by atoms with Crippen LogP contribution in [0.4, 0.5) is 5.13 Å². The molecule has 1 fully saturated rings. The summed E-state index contributed by atoms with van der Waals surface area (Å²) in [4.78, 5) is 32.7. The van der Waals surface area contributed by atoms with Gasteiger partial charge in [0.25, 0.3) is 11.8 Å². The van der Waals surface area contributed by atoms with Crippen LogP contribution < -0.4 is 25.2 Å². The number of carbonyl (C=O) groups excluding carboxylic acids is 2. The second-order valence-corrected chi connectivity index (χ2v) is 8.97. The van der Waals surface area contributed by atoms with Crippen molar-refractivity contribution in [2.45, 2.75) is 0 Å². The fraction of sp³-hybridized carbons (Fsp3) is 0.286. The number of anilines is 1. The van der Waals surface area contributed by atoms with Crippen molar-refractivity contribution in [2.24, 2.45) is 0 Å². The first-order valence-electron chi connectivity index (χ1n) is 10.1. The number of nitrogens with zero attached hydrogens (tertiary/aromatic N) is 2. The highest BCUT2D eigenvalue weighted by atomic mass is 32.1. The van der Waals surface area contributed by atoms with Gasteiger partial charge in [-0.05, 0) is 35.9 Å². The lowest BCUT2D eigenvalue weighted by Crippen LogP contribution is -2.41. The van der Waals surface area contributed by atoms with Crippen LogP contribution in [-0.4, -0.2) is 56.3 Å². The highest BCUT2D eigenvalue weighted by molar-refractivity contribution is 7.17. The molecule has 4 heterocycles. The van der Waals surface area contributed by atoms with E-state index >= 15 is 0 Å². The molecule has 2 aromatic heterocycles. The number of hydrazine groups is 1. The Bertz CT molecular complexity index is 1140. The normalized spacial score (nSPS) is 15.3. The SMILES string of the molecule is O=C(NNC(=O)c1ccc(-c2ccc3c(c2)OCCO3)s1)c1csc(N2CCOCC2)n1. The van der Waals surface area contributed by atoms with Crippen LogP contribution in [0.5, 0.6) is 11.5 Å². The first kappa shape index (κ1) is 20.7. The molecular formula is C21H20N4O5S2. The van der Waals surface area contributed by atoms with E-state index in [1.807, 2.05) is 24.3 Å². The zero-order valence-electron chi connectivity index (χ0n) is 17.0. The number of aromatic nitrogens is 1. The van der Waals surface area contributed by atoms with Gasteiger partial charge in [0.15, 0.2) is 16.6 Å². The van der Waals surface area contributed by atoms with E-state index in [1.165, 1.54) is 22.7 Å². The van der Waals surface area contributed by atoms with Crippen molar-refractivity contribution in [1.82, 2.24) is 15.8 Å². The number of rotatable bonds is 4. The van der Waals surface area contributed by atoms with Crippen LogP contribution in [0.25, 0.3) is 10.4 Å². The van der Waals surface area contributed by atoms with Gasteiger partial charge in [0.2, 0.25) is 0 Å². The molecule has 166 valence electrons. The molecule has 0 bridgehead atoms. The summed E-state index contributed by atoms with van der Waals surface area (Å²) in [5.41, 5.74) is 6.09. The number of ether oxygens (including phenoxy) is 3. The average molecular weight is 473 g/mol. The summed E-state index contributed by atoms with van der Waals surface area (Å²) in [6.45, 7) is 3.83. The third-order valence-corrected chi connectivity index (χ3v) is 6.99. The van der Waals surface area contributed by atoms with Gasteiger partial charge < -0.3 is 19.1 Å². The van der Waals surface area contributed by atoms with Gasteiger partial charge in [0, 0.05) is 23.3 Å². The Morgan fingerprint density at radius 3 is 2.56 bits per heavy atom. The molecular weight excluding hydrogens is 452 g/mol. The van der Waals surface area contributed by atoms with E-state index in [9.17, 15) is 9.59 Å². The van der Waals surface area contributed by atoms with Crippen LogP contribution >= 0.6 is 22.7 Å². The molecule has 2 amide bonds. The molecule has 2 aliphatic heterocycles. The summed E-state index contributed by atoms with van der Waals surface area (Å²) in [6.07, 6.45) is 0. The minimum atomic E-state index is -0.460. The number of nitrogens with one attached hydrogen (secondary N) is 2. The van der Waals surface area contributed by atoms with E-state index in [1.54, 1.807) is 11.4 Å². The maximum absolute atomic E-state index is 12.5. The lowest BCUT2D eigenvalue weighted by Gasteiger charge is -2.25. The number of carbonyl (C=O) groups is 2. The summed E-state index contributed by atoms with van der Waals surface area (Å²) in [7, 11) is 0. The van der Waals surface area contributed by atoms with Gasteiger partial charge >= 0.3 is 0 Å². The zero-order valence-corrected chi connectivity index (χ0v) is 18.6. The fourth-order valence-corrected chi connectivity index (χ4v) is 5.08. The monoisotopic (exact) mass is 472 g/mol. The van der Waals surface area contributed by atoms with Gasteiger partial charge in [-0.1, -0.05) is 0 Å². The van der Waals surface area contributed by atoms with Crippen molar-refractivity contribution < 1.29 is 23.8 Å². The van der Waals surface area contributed by atoms with Crippen molar-refractivity contribution in [1.29, 1.82) is 0 Å². The third kappa shape index (κ3) is 4.40. The summed E-state index contributed by atoms with van der Waals surface area (Å²) in [6, 6.07) is 9.28. The summed E-state index contributed by atoms with van der Waals surface area (Å²) in [5, 5.41) is 2.45. The Labute approximate surface area is 191 Å². The number of hydrogen-bond acceptors (Lipinski definition) is 9. The number of benzene rings is 1. The Morgan fingerprint density at radius 2 is 1.72 bits per heavy atom. The molecule has 3 aromatic rings. The lowest BCUT2D eigenvalue weighted by molar-refractivity contribution is 0.0846. The third-order valence-electron chi connectivity index (χ3n) is 4.95. The minimum absolute atomic E-state index is 0.264. The highest BCUT2D eigenvalue weighted by Gasteiger charge is 2.19. The van der Waals surface area contributed by atoms with Gasteiger partial charge in [-0.2, -0.15) is 0 Å². The fourth-order valence-electron chi connectivity index (χ4n) is 3.32. The molecule has 9 nitrogen and oxygen atoms in total. The molecule has 1 saturated heterocycles. The lowest BCUT2D eigenvalue weighted by atomic mass is 10.1. The Hall–Kier alpha value is -3.15. The van der Waals surface area contributed by atoms with Gasteiger partial charge in [0.1, 0.15) is 18.9 Å². The second-order valence-electron chi connectivity index (χ2n) is 7.05. The van der Waals surface area contributed by atoms with Crippen LogP contribution in [0.1, 0.15) is 20.2 Å². The number of amides is 2. The largest absolute Gasteiger partial charge is 0.486 e. The van der Waals surface area contributed by atoms with Crippen molar-refractivity contribution in [3.05, 3.63) is 46.3 Å². The molecule has 0 radical (unpaired) electrons. The number of fused-ring (bicyclic) bond motifs is 1. The van der Waals surface area contributed by atoms with E-state index in [2.05, 4.69) is 20.7 Å². The van der Waals surface area contributed by atoms with Crippen molar-refractivity contribution in [2.75, 3.05) is 44.4 Å². The van der Waals surface area contributed by atoms with E-state index in [0.717, 1.165) is 34.4 Å². The van der Waals surface area contributed by atoms with E-state index < -0.39 is 11.8 Å². The summed E-state index contributed by atoms with van der Waals surface area (Å²) >= 11 is 2.72. The number of thiophene rings is 1. The maximum Gasteiger partial charge on any atom is 0.289 e. The van der Waals surface area contributed by atoms with Crippen LogP contribution in [0.3, 0.4) is 0 Å². The van der Waals surface area contributed by atoms with Crippen LogP contribution in [0, 0.1) is 0 Å². The molecule has 0 saturated carbocycles. The predicted molar refractivity (Wildman–Crippen MR) is 121 cm³/mol.